The van der Waals surface area contributed by atoms with Gasteiger partial charge in [-0.2, -0.15) is 10.1 Å². The van der Waals surface area contributed by atoms with Gasteiger partial charge in [-0.05, 0) is 6.42 Å². The van der Waals surface area contributed by atoms with Crippen LogP contribution in [0.25, 0.3) is 0 Å². The highest BCUT2D eigenvalue weighted by molar-refractivity contribution is 5.44. The Balaban J connectivity index is 1.66. The Bertz CT molecular complexity index is 581. The second kappa shape index (κ2) is 7.17. The van der Waals surface area contributed by atoms with Crippen molar-refractivity contribution in [2.45, 2.75) is 19.9 Å². The van der Waals surface area contributed by atoms with E-state index in [1.54, 1.807) is 11.0 Å². The van der Waals surface area contributed by atoms with Crippen LogP contribution in [0.15, 0.2) is 18.7 Å². The van der Waals surface area contributed by atoms with Crippen LogP contribution in [0, 0.1) is 0 Å². The molecular formula is C14H21N7O. The summed E-state index contributed by atoms with van der Waals surface area (Å²) in [6, 6.07) is 2.01. The van der Waals surface area contributed by atoms with Gasteiger partial charge in [0, 0.05) is 31.4 Å². The summed E-state index contributed by atoms with van der Waals surface area (Å²) in [6.45, 7) is 6.73. The molecule has 0 bridgehead atoms. The molecule has 2 aromatic heterocycles. The number of nitrogens with one attached hydrogen (secondary N) is 1. The highest BCUT2D eigenvalue weighted by atomic mass is 16.5. The monoisotopic (exact) mass is 303 g/mol. The lowest BCUT2D eigenvalue weighted by molar-refractivity contribution is 0.122. The molecule has 1 N–H and O–H groups in total. The SMILES string of the molecule is CCc1cc(NCCn2cncn2)nc(N2CCOCC2)n1. The minimum Gasteiger partial charge on any atom is -0.378 e. The molecule has 0 aliphatic carbocycles. The first-order valence-corrected chi connectivity index (χ1v) is 7.62. The van der Waals surface area contributed by atoms with Crippen LogP contribution in [0.1, 0.15) is 12.6 Å². The Hall–Kier alpha value is -2.22. The number of rotatable bonds is 6. The first kappa shape index (κ1) is 14.7. The van der Waals surface area contributed by atoms with Crippen LogP contribution in [0.2, 0.25) is 0 Å². The molecule has 3 rings (SSSR count). The summed E-state index contributed by atoms with van der Waals surface area (Å²) in [5.74, 6) is 1.64. The Kier molecular flexibility index (Phi) is 4.79. The van der Waals surface area contributed by atoms with Gasteiger partial charge in [0.2, 0.25) is 5.95 Å². The quantitative estimate of drug-likeness (QED) is 0.836. The largest absolute Gasteiger partial charge is 0.378 e. The van der Waals surface area contributed by atoms with Crippen molar-refractivity contribution in [3.8, 4) is 0 Å². The summed E-state index contributed by atoms with van der Waals surface area (Å²) < 4.78 is 7.18. The zero-order valence-electron chi connectivity index (χ0n) is 12.8. The first-order chi connectivity index (χ1) is 10.8. The van der Waals surface area contributed by atoms with Gasteiger partial charge < -0.3 is 15.0 Å². The maximum absolute atomic E-state index is 5.39. The van der Waals surface area contributed by atoms with E-state index < -0.39 is 0 Å². The number of ether oxygens (including phenoxy) is 1. The molecule has 0 atom stereocenters. The van der Waals surface area contributed by atoms with Crippen LogP contribution in [0.5, 0.6) is 0 Å². The lowest BCUT2D eigenvalue weighted by Gasteiger charge is -2.27. The predicted octanol–water partition coefficient (Wildman–Crippen LogP) is 0.579. The fourth-order valence-corrected chi connectivity index (χ4v) is 2.31. The number of morpholine rings is 1. The molecule has 2 aromatic rings. The molecule has 3 heterocycles. The van der Waals surface area contributed by atoms with Crippen molar-refractivity contribution in [3.05, 3.63) is 24.4 Å². The van der Waals surface area contributed by atoms with E-state index in [1.807, 2.05) is 6.07 Å². The van der Waals surface area contributed by atoms with Crippen molar-refractivity contribution < 1.29 is 4.74 Å². The molecule has 0 unspecified atom stereocenters. The third-order valence-electron chi connectivity index (χ3n) is 3.54. The number of hydrogen-bond acceptors (Lipinski definition) is 7. The second-order valence-corrected chi connectivity index (χ2v) is 5.08. The van der Waals surface area contributed by atoms with Crippen LogP contribution in [0.4, 0.5) is 11.8 Å². The fraction of sp³-hybridized carbons (Fsp3) is 0.571. The van der Waals surface area contributed by atoms with Crippen molar-refractivity contribution in [3.63, 3.8) is 0 Å². The Morgan fingerprint density at radius 3 is 2.86 bits per heavy atom. The Morgan fingerprint density at radius 1 is 1.27 bits per heavy atom. The number of aryl methyl sites for hydroxylation is 1. The molecule has 8 heteroatoms. The molecular weight excluding hydrogens is 282 g/mol. The zero-order valence-corrected chi connectivity index (χ0v) is 12.8. The number of hydrogen-bond donors (Lipinski definition) is 1. The average Bonchev–Trinajstić information content (AvgIpc) is 3.09. The molecule has 0 amide bonds. The third-order valence-corrected chi connectivity index (χ3v) is 3.54. The normalized spacial score (nSPS) is 15.0. The highest BCUT2D eigenvalue weighted by Crippen LogP contribution is 2.15. The first-order valence-electron chi connectivity index (χ1n) is 7.62. The molecule has 1 saturated heterocycles. The van der Waals surface area contributed by atoms with Crippen LogP contribution in [-0.4, -0.2) is 57.6 Å². The molecule has 0 spiro atoms. The van der Waals surface area contributed by atoms with Gasteiger partial charge in [-0.1, -0.05) is 6.92 Å². The lowest BCUT2D eigenvalue weighted by Crippen LogP contribution is -2.37. The van der Waals surface area contributed by atoms with Crippen LogP contribution >= 0.6 is 0 Å². The highest BCUT2D eigenvalue weighted by Gasteiger charge is 2.15. The summed E-state index contributed by atoms with van der Waals surface area (Å²) >= 11 is 0. The topological polar surface area (TPSA) is 81.0 Å². The third kappa shape index (κ3) is 3.70. The Labute approximate surface area is 129 Å². The van der Waals surface area contributed by atoms with Gasteiger partial charge in [-0.3, -0.25) is 4.68 Å². The fourth-order valence-electron chi connectivity index (χ4n) is 2.31. The van der Waals surface area contributed by atoms with Crippen molar-refractivity contribution in [2.75, 3.05) is 43.1 Å². The van der Waals surface area contributed by atoms with Crippen molar-refractivity contribution in [1.29, 1.82) is 0 Å². The molecule has 118 valence electrons. The summed E-state index contributed by atoms with van der Waals surface area (Å²) in [6.07, 6.45) is 4.13. The molecule has 1 aliphatic heterocycles. The van der Waals surface area contributed by atoms with Crippen LogP contribution in [0.3, 0.4) is 0 Å². The molecule has 0 radical (unpaired) electrons. The van der Waals surface area contributed by atoms with Gasteiger partial charge in [0.25, 0.3) is 0 Å². The van der Waals surface area contributed by atoms with Crippen LogP contribution in [-0.2, 0) is 17.7 Å². The number of aromatic nitrogens is 5. The van der Waals surface area contributed by atoms with E-state index in [-0.39, 0.29) is 0 Å². The maximum Gasteiger partial charge on any atom is 0.227 e. The van der Waals surface area contributed by atoms with Gasteiger partial charge in [0.1, 0.15) is 18.5 Å². The van der Waals surface area contributed by atoms with Crippen molar-refractivity contribution in [2.24, 2.45) is 0 Å². The molecule has 1 fully saturated rings. The molecule has 22 heavy (non-hydrogen) atoms. The predicted molar refractivity (Wildman–Crippen MR) is 83.0 cm³/mol. The smallest absolute Gasteiger partial charge is 0.227 e. The summed E-state index contributed by atoms with van der Waals surface area (Å²) in [5, 5.41) is 7.42. The van der Waals surface area contributed by atoms with Gasteiger partial charge in [0.15, 0.2) is 0 Å². The minimum atomic E-state index is 0.731. The molecule has 8 nitrogen and oxygen atoms in total. The summed E-state index contributed by atoms with van der Waals surface area (Å²) in [5.41, 5.74) is 1.04. The molecule has 1 aliphatic rings. The number of anilines is 2. The summed E-state index contributed by atoms with van der Waals surface area (Å²) in [7, 11) is 0. The van der Waals surface area contributed by atoms with Crippen molar-refractivity contribution >= 4 is 11.8 Å². The number of nitrogens with zero attached hydrogens (tertiary/aromatic N) is 6. The van der Waals surface area contributed by atoms with Crippen molar-refractivity contribution in [1.82, 2.24) is 24.7 Å². The zero-order chi connectivity index (χ0) is 15.2. The summed E-state index contributed by atoms with van der Waals surface area (Å²) in [4.78, 5) is 15.4. The van der Waals surface area contributed by atoms with Gasteiger partial charge in [-0.25, -0.2) is 9.97 Å². The molecule has 0 aromatic carbocycles. The van der Waals surface area contributed by atoms with E-state index in [0.29, 0.717) is 0 Å². The van der Waals surface area contributed by atoms with E-state index in [2.05, 4.69) is 37.2 Å². The van der Waals surface area contributed by atoms with Crippen LogP contribution < -0.4 is 10.2 Å². The van der Waals surface area contributed by atoms with Gasteiger partial charge in [-0.15, -0.1) is 0 Å². The average molecular weight is 303 g/mol. The second-order valence-electron chi connectivity index (χ2n) is 5.08. The van der Waals surface area contributed by atoms with Gasteiger partial charge >= 0.3 is 0 Å². The van der Waals surface area contributed by atoms with Gasteiger partial charge in [0.05, 0.1) is 19.8 Å². The van der Waals surface area contributed by atoms with E-state index in [4.69, 9.17) is 4.74 Å². The standard InChI is InChI=1S/C14H21N7O/c1-2-12-9-13(16-3-4-21-11-15-10-17-21)19-14(18-12)20-5-7-22-8-6-20/h9-11H,2-8H2,1H3,(H,16,18,19). The van der Waals surface area contributed by atoms with E-state index in [0.717, 1.165) is 63.3 Å². The maximum atomic E-state index is 5.39. The molecule has 0 saturated carbocycles. The van der Waals surface area contributed by atoms with E-state index in [1.165, 1.54) is 6.33 Å². The van der Waals surface area contributed by atoms with E-state index in [9.17, 15) is 0 Å². The lowest BCUT2D eigenvalue weighted by atomic mass is 10.3. The van der Waals surface area contributed by atoms with E-state index >= 15 is 0 Å². The Morgan fingerprint density at radius 2 is 2.14 bits per heavy atom. The minimum absolute atomic E-state index is 0.731.